The predicted octanol–water partition coefficient (Wildman–Crippen LogP) is 3.62. The Hall–Kier alpha value is -1.32. The van der Waals surface area contributed by atoms with Crippen LogP contribution in [-0.4, -0.2) is 29.6 Å². The van der Waals surface area contributed by atoms with Crippen molar-refractivity contribution < 1.29 is 0 Å². The summed E-state index contributed by atoms with van der Waals surface area (Å²) in [5, 5.41) is 3.30. The van der Waals surface area contributed by atoms with Crippen LogP contribution in [0.2, 0.25) is 0 Å². The highest BCUT2D eigenvalue weighted by atomic mass is 15.2. The molecule has 1 aromatic rings. The summed E-state index contributed by atoms with van der Waals surface area (Å²) in [6.45, 7) is 12.0. The van der Waals surface area contributed by atoms with Gasteiger partial charge in [-0.25, -0.2) is 4.98 Å². The van der Waals surface area contributed by atoms with Crippen LogP contribution in [0.1, 0.15) is 52.1 Å². The summed E-state index contributed by atoms with van der Waals surface area (Å²) in [6.07, 6.45) is 4.88. The Labute approximate surface area is 123 Å². The van der Waals surface area contributed by atoms with Crippen molar-refractivity contribution in [3.63, 3.8) is 0 Å². The number of anilines is 2. The topological polar surface area (TPSA) is 41.1 Å². The molecule has 1 aliphatic heterocycles. The largest absolute Gasteiger partial charge is 0.356 e. The van der Waals surface area contributed by atoms with Crippen LogP contribution in [0.15, 0.2) is 6.07 Å². The second-order valence-corrected chi connectivity index (χ2v) is 6.00. The van der Waals surface area contributed by atoms with E-state index in [9.17, 15) is 0 Å². The number of aryl methyl sites for hydroxylation is 1. The highest BCUT2D eigenvalue weighted by Gasteiger charge is 2.35. The van der Waals surface area contributed by atoms with Gasteiger partial charge in [0.15, 0.2) is 0 Å². The second-order valence-electron chi connectivity index (χ2n) is 6.00. The highest BCUT2D eigenvalue weighted by Crippen LogP contribution is 2.38. The van der Waals surface area contributed by atoms with Gasteiger partial charge in [-0.3, -0.25) is 0 Å². The standard InChI is InChI=1S/C16H28N4/c1-5-9-17-15-18-13(4)11-14(19-15)20-10-8-16(6-2,7-3)12-20/h11H,5-10,12H2,1-4H3,(H,17,18,19). The first-order valence-electron chi connectivity index (χ1n) is 7.97. The Morgan fingerprint density at radius 2 is 2.00 bits per heavy atom. The van der Waals surface area contributed by atoms with Crippen molar-refractivity contribution >= 4 is 11.8 Å². The number of nitrogens with zero attached hydrogens (tertiary/aromatic N) is 3. The summed E-state index contributed by atoms with van der Waals surface area (Å²) >= 11 is 0. The molecule has 0 amide bonds. The molecule has 0 aromatic carbocycles. The van der Waals surface area contributed by atoms with Crippen molar-refractivity contribution in [1.82, 2.24) is 9.97 Å². The van der Waals surface area contributed by atoms with Crippen molar-refractivity contribution in [2.75, 3.05) is 29.9 Å². The molecule has 0 bridgehead atoms. The zero-order valence-corrected chi connectivity index (χ0v) is 13.4. The first-order chi connectivity index (χ1) is 9.62. The van der Waals surface area contributed by atoms with E-state index in [0.29, 0.717) is 5.41 Å². The van der Waals surface area contributed by atoms with Gasteiger partial charge in [-0.05, 0) is 38.0 Å². The summed E-state index contributed by atoms with van der Waals surface area (Å²) in [4.78, 5) is 11.6. The number of hydrogen-bond acceptors (Lipinski definition) is 4. The van der Waals surface area contributed by atoms with Crippen LogP contribution >= 0.6 is 0 Å². The van der Waals surface area contributed by atoms with Crippen LogP contribution in [-0.2, 0) is 0 Å². The fraction of sp³-hybridized carbons (Fsp3) is 0.750. The van der Waals surface area contributed by atoms with E-state index < -0.39 is 0 Å². The molecule has 1 saturated heterocycles. The smallest absolute Gasteiger partial charge is 0.224 e. The maximum Gasteiger partial charge on any atom is 0.224 e. The maximum atomic E-state index is 4.69. The average Bonchev–Trinajstić information content (AvgIpc) is 2.90. The lowest BCUT2D eigenvalue weighted by Crippen LogP contribution is -2.27. The number of nitrogens with one attached hydrogen (secondary N) is 1. The van der Waals surface area contributed by atoms with Gasteiger partial charge in [-0.1, -0.05) is 20.8 Å². The Balaban J connectivity index is 2.15. The van der Waals surface area contributed by atoms with E-state index in [1.165, 1.54) is 19.3 Å². The molecule has 4 nitrogen and oxygen atoms in total. The monoisotopic (exact) mass is 276 g/mol. The van der Waals surface area contributed by atoms with Gasteiger partial charge < -0.3 is 10.2 Å². The van der Waals surface area contributed by atoms with Crippen LogP contribution in [0, 0.1) is 12.3 Å². The lowest BCUT2D eigenvalue weighted by molar-refractivity contribution is 0.301. The predicted molar refractivity (Wildman–Crippen MR) is 85.4 cm³/mol. The molecule has 0 spiro atoms. The number of aromatic nitrogens is 2. The van der Waals surface area contributed by atoms with Gasteiger partial charge in [0.1, 0.15) is 5.82 Å². The zero-order chi connectivity index (χ0) is 14.6. The number of rotatable bonds is 6. The van der Waals surface area contributed by atoms with Gasteiger partial charge in [0.05, 0.1) is 0 Å². The van der Waals surface area contributed by atoms with Gasteiger partial charge in [0.2, 0.25) is 5.95 Å². The zero-order valence-electron chi connectivity index (χ0n) is 13.4. The minimum absolute atomic E-state index is 0.482. The molecule has 0 aliphatic carbocycles. The molecular formula is C16H28N4. The SMILES string of the molecule is CCCNc1nc(C)cc(N2CCC(CC)(CC)C2)n1. The summed E-state index contributed by atoms with van der Waals surface area (Å²) < 4.78 is 0. The van der Waals surface area contributed by atoms with Gasteiger partial charge in [-0.15, -0.1) is 0 Å². The lowest BCUT2D eigenvalue weighted by atomic mass is 9.82. The Kier molecular flexibility index (Phi) is 4.84. The molecule has 1 fully saturated rings. The van der Waals surface area contributed by atoms with Crippen molar-refractivity contribution in [3.05, 3.63) is 11.8 Å². The normalized spacial score (nSPS) is 17.5. The van der Waals surface area contributed by atoms with E-state index >= 15 is 0 Å². The maximum absolute atomic E-state index is 4.69. The molecule has 2 heterocycles. The van der Waals surface area contributed by atoms with Gasteiger partial charge in [0, 0.05) is 31.4 Å². The summed E-state index contributed by atoms with van der Waals surface area (Å²) in [7, 11) is 0. The molecule has 1 N–H and O–H groups in total. The van der Waals surface area contributed by atoms with E-state index in [0.717, 1.165) is 43.5 Å². The quantitative estimate of drug-likeness (QED) is 0.861. The summed E-state index contributed by atoms with van der Waals surface area (Å²) in [6, 6.07) is 2.11. The van der Waals surface area contributed by atoms with Gasteiger partial charge in [-0.2, -0.15) is 4.98 Å². The van der Waals surface area contributed by atoms with Crippen LogP contribution in [0.4, 0.5) is 11.8 Å². The Bertz CT molecular complexity index is 440. The van der Waals surface area contributed by atoms with Crippen molar-refractivity contribution in [2.45, 2.75) is 53.4 Å². The van der Waals surface area contributed by atoms with Crippen molar-refractivity contribution in [2.24, 2.45) is 5.41 Å². The number of hydrogen-bond donors (Lipinski definition) is 1. The molecule has 1 aromatic heterocycles. The van der Waals surface area contributed by atoms with Crippen molar-refractivity contribution in [3.8, 4) is 0 Å². The molecule has 2 rings (SSSR count). The van der Waals surface area contributed by atoms with Crippen LogP contribution in [0.5, 0.6) is 0 Å². The fourth-order valence-corrected chi connectivity index (χ4v) is 2.99. The van der Waals surface area contributed by atoms with Gasteiger partial charge in [0.25, 0.3) is 0 Å². The van der Waals surface area contributed by atoms with Crippen LogP contribution in [0.3, 0.4) is 0 Å². The first-order valence-corrected chi connectivity index (χ1v) is 7.97. The molecule has 0 radical (unpaired) electrons. The molecule has 1 aliphatic rings. The molecule has 112 valence electrons. The Morgan fingerprint density at radius 1 is 1.25 bits per heavy atom. The molecule has 0 saturated carbocycles. The average molecular weight is 276 g/mol. The van der Waals surface area contributed by atoms with E-state index in [1.54, 1.807) is 0 Å². The Morgan fingerprint density at radius 3 is 2.60 bits per heavy atom. The van der Waals surface area contributed by atoms with Crippen molar-refractivity contribution in [1.29, 1.82) is 0 Å². The van der Waals surface area contributed by atoms with Gasteiger partial charge >= 0.3 is 0 Å². The molecule has 4 heteroatoms. The minimum Gasteiger partial charge on any atom is -0.356 e. The summed E-state index contributed by atoms with van der Waals surface area (Å²) in [5.41, 5.74) is 1.52. The lowest BCUT2D eigenvalue weighted by Gasteiger charge is -2.27. The third-order valence-corrected chi connectivity index (χ3v) is 4.64. The van der Waals surface area contributed by atoms with E-state index in [-0.39, 0.29) is 0 Å². The molecule has 0 atom stereocenters. The third kappa shape index (κ3) is 3.22. The first kappa shape index (κ1) is 15.1. The van der Waals surface area contributed by atoms with E-state index in [2.05, 4.69) is 42.0 Å². The fourth-order valence-electron chi connectivity index (χ4n) is 2.99. The highest BCUT2D eigenvalue weighted by molar-refractivity contribution is 5.46. The molecular weight excluding hydrogens is 248 g/mol. The van der Waals surface area contributed by atoms with Crippen LogP contribution in [0.25, 0.3) is 0 Å². The van der Waals surface area contributed by atoms with E-state index in [4.69, 9.17) is 4.98 Å². The van der Waals surface area contributed by atoms with Crippen LogP contribution < -0.4 is 10.2 Å². The van der Waals surface area contributed by atoms with E-state index in [1.807, 2.05) is 6.92 Å². The molecule has 0 unspecified atom stereocenters. The third-order valence-electron chi connectivity index (χ3n) is 4.64. The minimum atomic E-state index is 0.482. The second kappa shape index (κ2) is 6.42. The summed E-state index contributed by atoms with van der Waals surface area (Å²) in [5.74, 6) is 1.85. The molecule has 20 heavy (non-hydrogen) atoms.